The number of aliphatic hydroxyl groups is 1. The van der Waals surface area contributed by atoms with E-state index in [1.807, 2.05) is 13.8 Å². The fourth-order valence-corrected chi connectivity index (χ4v) is 1.65. The fourth-order valence-electron chi connectivity index (χ4n) is 1.65. The lowest BCUT2D eigenvalue weighted by molar-refractivity contribution is 0.00395. The molecule has 0 aliphatic carbocycles. The largest absolute Gasteiger partial charge is 0.387 e. The topological polar surface area (TPSA) is 29.5 Å². The van der Waals surface area contributed by atoms with Gasteiger partial charge in [0.25, 0.3) is 0 Å². The molecule has 0 bridgehead atoms. The molecule has 2 nitrogen and oxygen atoms in total. The van der Waals surface area contributed by atoms with Gasteiger partial charge < -0.3 is 9.84 Å². The van der Waals surface area contributed by atoms with Crippen LogP contribution >= 0.6 is 0 Å². The molecule has 0 aromatic carbocycles. The summed E-state index contributed by atoms with van der Waals surface area (Å²) in [5.41, 5.74) is 0. The Hall–Kier alpha value is -0.150. The second-order valence-corrected chi connectivity index (χ2v) is 3.34. The van der Waals surface area contributed by atoms with Gasteiger partial charge in [-0.3, -0.25) is 0 Å². The third-order valence-corrected chi connectivity index (χ3v) is 2.39. The van der Waals surface area contributed by atoms with Crippen molar-refractivity contribution in [3.8, 4) is 0 Å². The van der Waals surface area contributed by atoms with Crippen LogP contribution in [0.15, 0.2) is 0 Å². The molecule has 1 rings (SSSR count). The minimum absolute atomic E-state index is 0.282. The summed E-state index contributed by atoms with van der Waals surface area (Å²) >= 11 is 0. The Balaban J connectivity index is 2.48. The highest BCUT2D eigenvalue weighted by Gasteiger charge is 2.42. The zero-order chi connectivity index (χ0) is 9.14. The molecule has 0 saturated carbocycles. The minimum atomic E-state index is -1.19. The van der Waals surface area contributed by atoms with Gasteiger partial charge in [-0.25, -0.2) is 4.39 Å². The molecule has 12 heavy (non-hydrogen) atoms. The van der Waals surface area contributed by atoms with Crippen LogP contribution in [0.25, 0.3) is 0 Å². The van der Waals surface area contributed by atoms with Crippen molar-refractivity contribution >= 4 is 0 Å². The van der Waals surface area contributed by atoms with E-state index in [-0.39, 0.29) is 6.10 Å². The van der Waals surface area contributed by atoms with Gasteiger partial charge >= 0.3 is 0 Å². The van der Waals surface area contributed by atoms with Crippen molar-refractivity contribution in [2.24, 2.45) is 0 Å². The molecule has 0 aromatic heterocycles. The summed E-state index contributed by atoms with van der Waals surface area (Å²) < 4.78 is 18.5. The lowest BCUT2D eigenvalue weighted by Crippen LogP contribution is -2.28. The van der Waals surface area contributed by atoms with Crippen molar-refractivity contribution in [1.29, 1.82) is 0 Å². The summed E-state index contributed by atoms with van der Waals surface area (Å²) in [5.74, 6) is 0. The molecular weight excluding hydrogens is 159 g/mol. The maximum Gasteiger partial charge on any atom is 0.154 e. The van der Waals surface area contributed by atoms with Crippen molar-refractivity contribution in [2.75, 3.05) is 0 Å². The first-order valence-electron chi connectivity index (χ1n) is 4.68. The van der Waals surface area contributed by atoms with E-state index in [2.05, 4.69) is 0 Å². The summed E-state index contributed by atoms with van der Waals surface area (Å²) in [6.07, 6.45) is -0.463. The summed E-state index contributed by atoms with van der Waals surface area (Å²) in [6, 6.07) is 0. The molecule has 1 fully saturated rings. The van der Waals surface area contributed by atoms with E-state index in [0.717, 1.165) is 12.8 Å². The van der Waals surface area contributed by atoms with Gasteiger partial charge in [-0.15, -0.1) is 0 Å². The lowest BCUT2D eigenvalue weighted by atomic mass is 10.1. The van der Waals surface area contributed by atoms with E-state index in [1.165, 1.54) is 0 Å². The molecule has 0 amide bonds. The molecule has 72 valence electrons. The minimum Gasteiger partial charge on any atom is -0.387 e. The fraction of sp³-hybridized carbons (Fsp3) is 1.00. The molecule has 1 saturated heterocycles. The van der Waals surface area contributed by atoms with Gasteiger partial charge in [-0.2, -0.15) is 0 Å². The maximum absolute atomic E-state index is 13.2. The zero-order valence-corrected chi connectivity index (χ0v) is 7.66. The van der Waals surface area contributed by atoms with Crippen LogP contribution in [0.2, 0.25) is 0 Å². The third-order valence-electron chi connectivity index (χ3n) is 2.39. The second kappa shape index (κ2) is 4.19. The summed E-state index contributed by atoms with van der Waals surface area (Å²) in [4.78, 5) is 0. The number of aliphatic hydroxyl groups excluding tert-OH is 1. The molecule has 1 heterocycles. The SMILES string of the molecule is CCCC1OC(CC)C(F)C1O. The molecule has 1 aliphatic heterocycles. The third kappa shape index (κ3) is 1.77. The summed E-state index contributed by atoms with van der Waals surface area (Å²) in [6.45, 7) is 3.88. The van der Waals surface area contributed by atoms with E-state index in [0.29, 0.717) is 6.42 Å². The Morgan fingerprint density at radius 2 is 2.00 bits per heavy atom. The molecule has 1 aliphatic rings. The predicted molar refractivity (Wildman–Crippen MR) is 44.8 cm³/mol. The first kappa shape index (κ1) is 9.93. The Labute approximate surface area is 72.7 Å². The molecule has 0 radical (unpaired) electrons. The van der Waals surface area contributed by atoms with Crippen LogP contribution in [0, 0.1) is 0 Å². The van der Waals surface area contributed by atoms with Gasteiger partial charge in [0.05, 0.1) is 12.2 Å². The van der Waals surface area contributed by atoms with Crippen LogP contribution in [-0.2, 0) is 4.74 Å². The van der Waals surface area contributed by atoms with Crippen LogP contribution < -0.4 is 0 Å². The van der Waals surface area contributed by atoms with Crippen LogP contribution in [0.4, 0.5) is 4.39 Å². The number of hydrogen-bond acceptors (Lipinski definition) is 2. The van der Waals surface area contributed by atoms with Gasteiger partial charge in [0.15, 0.2) is 6.17 Å². The Kier molecular flexibility index (Phi) is 3.47. The molecular formula is C9H17FO2. The lowest BCUT2D eigenvalue weighted by Gasteiger charge is -2.11. The molecule has 4 unspecified atom stereocenters. The normalized spacial score (nSPS) is 42.0. The van der Waals surface area contributed by atoms with Crippen molar-refractivity contribution in [3.63, 3.8) is 0 Å². The first-order valence-corrected chi connectivity index (χ1v) is 4.68. The van der Waals surface area contributed by atoms with Gasteiger partial charge in [-0.1, -0.05) is 20.3 Å². The quantitative estimate of drug-likeness (QED) is 0.708. The van der Waals surface area contributed by atoms with Crippen molar-refractivity contribution in [3.05, 3.63) is 0 Å². The second-order valence-electron chi connectivity index (χ2n) is 3.34. The molecule has 0 spiro atoms. The van der Waals surface area contributed by atoms with E-state index in [1.54, 1.807) is 0 Å². The van der Waals surface area contributed by atoms with E-state index in [9.17, 15) is 9.50 Å². The Morgan fingerprint density at radius 3 is 2.42 bits per heavy atom. The molecule has 0 aromatic rings. The Morgan fingerprint density at radius 1 is 1.33 bits per heavy atom. The van der Waals surface area contributed by atoms with Crippen molar-refractivity contribution in [2.45, 2.75) is 57.6 Å². The summed E-state index contributed by atoms with van der Waals surface area (Å²) in [7, 11) is 0. The molecule has 3 heteroatoms. The summed E-state index contributed by atoms with van der Waals surface area (Å²) in [5, 5.41) is 9.39. The van der Waals surface area contributed by atoms with Crippen LogP contribution in [0.3, 0.4) is 0 Å². The Bertz CT molecular complexity index is 140. The highest BCUT2D eigenvalue weighted by molar-refractivity contribution is 4.89. The van der Waals surface area contributed by atoms with Crippen molar-refractivity contribution < 1.29 is 14.2 Å². The standard InChI is InChI=1S/C9H17FO2/c1-3-5-7-9(11)8(10)6(4-2)12-7/h6-9,11H,3-5H2,1-2H3. The average Bonchev–Trinajstić information content (AvgIpc) is 2.33. The predicted octanol–water partition coefficient (Wildman–Crippen LogP) is 1.66. The van der Waals surface area contributed by atoms with Gasteiger partial charge in [-0.05, 0) is 12.8 Å². The highest BCUT2D eigenvalue weighted by atomic mass is 19.1. The van der Waals surface area contributed by atoms with E-state index in [4.69, 9.17) is 4.74 Å². The molecule has 4 atom stereocenters. The van der Waals surface area contributed by atoms with Crippen LogP contribution in [-0.4, -0.2) is 29.6 Å². The van der Waals surface area contributed by atoms with E-state index >= 15 is 0 Å². The van der Waals surface area contributed by atoms with Gasteiger partial charge in [0, 0.05) is 0 Å². The van der Waals surface area contributed by atoms with Gasteiger partial charge in [0.1, 0.15) is 6.10 Å². The average molecular weight is 176 g/mol. The van der Waals surface area contributed by atoms with Crippen LogP contribution in [0.5, 0.6) is 0 Å². The van der Waals surface area contributed by atoms with Gasteiger partial charge in [0.2, 0.25) is 0 Å². The van der Waals surface area contributed by atoms with Crippen molar-refractivity contribution in [1.82, 2.24) is 0 Å². The number of halogens is 1. The maximum atomic E-state index is 13.2. The number of rotatable bonds is 3. The zero-order valence-electron chi connectivity index (χ0n) is 7.66. The number of ether oxygens (including phenoxy) is 1. The smallest absolute Gasteiger partial charge is 0.154 e. The highest BCUT2D eigenvalue weighted by Crippen LogP contribution is 2.28. The number of hydrogen-bond donors (Lipinski definition) is 1. The number of alkyl halides is 1. The molecule has 1 N–H and O–H groups in total. The first-order chi connectivity index (χ1) is 5.70. The van der Waals surface area contributed by atoms with E-state index < -0.39 is 18.4 Å². The monoisotopic (exact) mass is 176 g/mol. The van der Waals surface area contributed by atoms with Crippen LogP contribution in [0.1, 0.15) is 33.1 Å².